The van der Waals surface area contributed by atoms with Crippen molar-refractivity contribution in [3.8, 4) is 0 Å². The summed E-state index contributed by atoms with van der Waals surface area (Å²) in [5.74, 6) is 0.0962. The molecule has 112 valence electrons. The van der Waals surface area contributed by atoms with Crippen LogP contribution in [0.4, 0.5) is 4.79 Å². The minimum Gasteiger partial charge on any atom is -0.444 e. The van der Waals surface area contributed by atoms with Crippen LogP contribution in [0.25, 0.3) is 0 Å². The first kappa shape index (κ1) is 15.0. The molecule has 1 spiro atoms. The lowest BCUT2D eigenvalue weighted by atomic mass is 9.67. The summed E-state index contributed by atoms with van der Waals surface area (Å²) >= 11 is 0. The van der Waals surface area contributed by atoms with Crippen molar-refractivity contribution in [1.82, 2.24) is 4.90 Å². The molecule has 2 fully saturated rings. The number of hydrogen-bond acceptors (Lipinski definition) is 4. The smallest absolute Gasteiger partial charge is 0.410 e. The van der Waals surface area contributed by atoms with Gasteiger partial charge in [-0.2, -0.15) is 0 Å². The fraction of sp³-hybridized carbons (Fsp3) is 0.800. The molecule has 5 nitrogen and oxygen atoms in total. The van der Waals surface area contributed by atoms with Crippen LogP contribution in [0, 0.1) is 5.41 Å². The number of nitrogens with zero attached hydrogens (tertiary/aromatic N) is 1. The minimum atomic E-state index is -0.497. The molecule has 0 radical (unpaired) electrons. The highest BCUT2D eigenvalue weighted by Crippen LogP contribution is 2.42. The molecule has 2 rings (SSSR count). The Morgan fingerprint density at radius 2 is 1.60 bits per heavy atom. The minimum absolute atomic E-state index is 0.0481. The number of ketones is 2. The van der Waals surface area contributed by atoms with E-state index in [4.69, 9.17) is 4.74 Å². The summed E-state index contributed by atoms with van der Waals surface area (Å²) in [6.45, 7) is 6.66. The lowest BCUT2D eigenvalue weighted by Gasteiger charge is -2.43. The Hall–Kier alpha value is -1.39. The van der Waals surface area contributed by atoms with Crippen LogP contribution in [0.2, 0.25) is 0 Å². The van der Waals surface area contributed by atoms with Crippen molar-refractivity contribution < 1.29 is 19.1 Å². The Labute approximate surface area is 119 Å². The molecule has 5 heteroatoms. The molecule has 1 heterocycles. The van der Waals surface area contributed by atoms with Crippen LogP contribution in [-0.2, 0) is 14.3 Å². The number of carbonyl (C=O) groups excluding carboxylic acids is 3. The summed E-state index contributed by atoms with van der Waals surface area (Å²) in [4.78, 5) is 36.9. The third kappa shape index (κ3) is 3.58. The van der Waals surface area contributed by atoms with Gasteiger partial charge in [0.1, 0.15) is 17.2 Å². The average Bonchev–Trinajstić information content (AvgIpc) is 2.25. The van der Waals surface area contributed by atoms with Crippen LogP contribution in [0.15, 0.2) is 0 Å². The maximum Gasteiger partial charge on any atom is 0.410 e. The molecule has 0 aromatic heterocycles. The summed E-state index contributed by atoms with van der Waals surface area (Å²) in [5, 5.41) is 0. The van der Waals surface area contributed by atoms with Crippen molar-refractivity contribution in [3.05, 3.63) is 0 Å². The third-order valence-electron chi connectivity index (χ3n) is 4.01. The van der Waals surface area contributed by atoms with Gasteiger partial charge >= 0.3 is 6.09 Å². The van der Waals surface area contributed by atoms with E-state index in [9.17, 15) is 14.4 Å². The molecule has 0 unspecified atom stereocenters. The van der Waals surface area contributed by atoms with Gasteiger partial charge in [-0.05, 0) is 39.0 Å². The zero-order chi connectivity index (χ0) is 15.0. The van der Waals surface area contributed by atoms with Gasteiger partial charge in [-0.3, -0.25) is 9.59 Å². The van der Waals surface area contributed by atoms with E-state index in [0.29, 0.717) is 38.8 Å². The molecule has 0 atom stereocenters. The fourth-order valence-electron chi connectivity index (χ4n) is 3.09. The molecule has 20 heavy (non-hydrogen) atoms. The van der Waals surface area contributed by atoms with Crippen molar-refractivity contribution in [2.75, 3.05) is 13.1 Å². The Morgan fingerprint density at radius 1 is 1.10 bits per heavy atom. The van der Waals surface area contributed by atoms with Crippen LogP contribution in [0.3, 0.4) is 0 Å². The van der Waals surface area contributed by atoms with Crippen molar-refractivity contribution in [3.63, 3.8) is 0 Å². The maximum absolute atomic E-state index is 12.0. The van der Waals surface area contributed by atoms with E-state index in [1.54, 1.807) is 4.90 Å². The predicted octanol–water partition coefficient (Wildman–Crippen LogP) is 2.33. The predicted molar refractivity (Wildman–Crippen MR) is 73.3 cm³/mol. The standard InChI is InChI=1S/C15H23NO4/c1-14(2,3)20-13(19)16-6-4-15(5-7-16)9-11(17)8-12(18)10-15/h4-10H2,1-3H3. The molecule has 1 aliphatic carbocycles. The van der Waals surface area contributed by atoms with Crippen LogP contribution >= 0.6 is 0 Å². The van der Waals surface area contributed by atoms with Gasteiger partial charge in [0.25, 0.3) is 0 Å². The molecule has 1 saturated heterocycles. The van der Waals surface area contributed by atoms with Crippen molar-refractivity contribution in [2.24, 2.45) is 5.41 Å². The van der Waals surface area contributed by atoms with Crippen LogP contribution in [0.1, 0.15) is 52.9 Å². The van der Waals surface area contributed by atoms with Crippen LogP contribution in [-0.4, -0.2) is 41.3 Å². The number of likely N-dealkylation sites (tertiary alicyclic amines) is 1. The number of ether oxygens (including phenoxy) is 1. The first-order chi connectivity index (χ1) is 9.19. The maximum atomic E-state index is 12.0. The molecule has 0 N–H and O–H groups in total. The number of piperidine rings is 1. The molecule has 0 bridgehead atoms. The fourth-order valence-corrected chi connectivity index (χ4v) is 3.09. The number of amides is 1. The Morgan fingerprint density at radius 3 is 2.05 bits per heavy atom. The van der Waals surface area contributed by atoms with Crippen molar-refractivity contribution >= 4 is 17.7 Å². The molecule has 1 saturated carbocycles. The topological polar surface area (TPSA) is 63.7 Å². The summed E-state index contributed by atoms with van der Waals surface area (Å²) in [6, 6.07) is 0. The number of Topliss-reactive ketones (excluding diaryl/α,β-unsaturated/α-hetero) is 2. The van der Waals surface area contributed by atoms with Gasteiger partial charge in [-0.15, -0.1) is 0 Å². The third-order valence-corrected chi connectivity index (χ3v) is 4.01. The largest absolute Gasteiger partial charge is 0.444 e. The number of carbonyl (C=O) groups is 3. The summed E-state index contributed by atoms with van der Waals surface area (Å²) in [6.07, 6.45) is 2.19. The first-order valence-corrected chi connectivity index (χ1v) is 7.21. The van der Waals surface area contributed by atoms with E-state index < -0.39 is 5.60 Å². The van der Waals surface area contributed by atoms with Gasteiger partial charge in [0.2, 0.25) is 0 Å². The van der Waals surface area contributed by atoms with E-state index in [1.165, 1.54) is 0 Å². The van der Waals surface area contributed by atoms with Crippen molar-refractivity contribution in [2.45, 2.75) is 58.5 Å². The van der Waals surface area contributed by atoms with Gasteiger partial charge in [0.15, 0.2) is 0 Å². The first-order valence-electron chi connectivity index (χ1n) is 7.21. The second-order valence-corrected chi connectivity index (χ2v) is 7.08. The zero-order valence-electron chi connectivity index (χ0n) is 12.5. The van der Waals surface area contributed by atoms with Gasteiger partial charge in [-0.25, -0.2) is 4.79 Å². The number of hydrogen-bond donors (Lipinski definition) is 0. The lowest BCUT2D eigenvalue weighted by molar-refractivity contribution is -0.135. The molecule has 2 aliphatic rings. The lowest BCUT2D eigenvalue weighted by Crippen LogP contribution is -2.47. The summed E-state index contributed by atoms with van der Waals surface area (Å²) in [7, 11) is 0. The highest BCUT2D eigenvalue weighted by Gasteiger charge is 2.42. The molecule has 1 aliphatic heterocycles. The number of rotatable bonds is 0. The summed E-state index contributed by atoms with van der Waals surface area (Å²) in [5.41, 5.74) is -0.700. The van der Waals surface area contributed by atoms with Crippen LogP contribution < -0.4 is 0 Å². The van der Waals surface area contributed by atoms with E-state index in [-0.39, 0.29) is 29.5 Å². The highest BCUT2D eigenvalue weighted by molar-refractivity contribution is 6.02. The summed E-state index contributed by atoms with van der Waals surface area (Å²) < 4.78 is 5.35. The van der Waals surface area contributed by atoms with E-state index >= 15 is 0 Å². The Balaban J connectivity index is 1.93. The van der Waals surface area contributed by atoms with Crippen LogP contribution in [0.5, 0.6) is 0 Å². The molecule has 0 aromatic rings. The molecule has 0 aromatic carbocycles. The molecular weight excluding hydrogens is 258 g/mol. The van der Waals surface area contributed by atoms with E-state index in [2.05, 4.69) is 0 Å². The van der Waals surface area contributed by atoms with Gasteiger partial charge in [0, 0.05) is 25.9 Å². The van der Waals surface area contributed by atoms with Crippen molar-refractivity contribution in [1.29, 1.82) is 0 Å². The van der Waals surface area contributed by atoms with Gasteiger partial charge in [-0.1, -0.05) is 0 Å². The molecular formula is C15H23NO4. The SMILES string of the molecule is CC(C)(C)OC(=O)N1CCC2(CC1)CC(=O)CC(=O)C2. The Kier molecular flexibility index (Phi) is 3.89. The monoisotopic (exact) mass is 281 g/mol. The normalized spacial score (nSPS) is 23.1. The highest BCUT2D eigenvalue weighted by atomic mass is 16.6. The van der Waals surface area contributed by atoms with Gasteiger partial charge in [0.05, 0.1) is 6.42 Å². The van der Waals surface area contributed by atoms with E-state index in [1.807, 2.05) is 20.8 Å². The zero-order valence-corrected chi connectivity index (χ0v) is 12.5. The second kappa shape index (κ2) is 5.19. The second-order valence-electron chi connectivity index (χ2n) is 7.08. The quantitative estimate of drug-likeness (QED) is 0.639. The Bertz CT molecular complexity index is 410. The van der Waals surface area contributed by atoms with Gasteiger partial charge < -0.3 is 9.64 Å². The van der Waals surface area contributed by atoms with E-state index in [0.717, 1.165) is 0 Å². The average molecular weight is 281 g/mol. The molecule has 1 amide bonds.